The van der Waals surface area contributed by atoms with Crippen LogP contribution in [0.1, 0.15) is 29.9 Å². The summed E-state index contributed by atoms with van der Waals surface area (Å²) in [5.41, 5.74) is 3.25. The summed E-state index contributed by atoms with van der Waals surface area (Å²) < 4.78 is 20.0. The van der Waals surface area contributed by atoms with Gasteiger partial charge < -0.3 is 15.4 Å². The Balaban J connectivity index is 2.10. The van der Waals surface area contributed by atoms with E-state index in [4.69, 9.17) is 4.74 Å². The average molecular weight is 320 g/mol. The first-order valence-corrected chi connectivity index (χ1v) is 7.24. The van der Waals surface area contributed by atoms with Crippen molar-refractivity contribution in [3.05, 3.63) is 41.0 Å². The number of nitrogens with one attached hydrogen (secondary N) is 2. The molecule has 1 heterocycles. The number of benzene rings is 1. The number of hydrogen-bond donors (Lipinski definition) is 2. The molecule has 0 aliphatic heterocycles. The first kappa shape index (κ1) is 16.8. The molecule has 6 nitrogen and oxygen atoms in total. The van der Waals surface area contributed by atoms with E-state index in [9.17, 15) is 9.18 Å². The van der Waals surface area contributed by atoms with Crippen LogP contribution in [0.5, 0.6) is 5.75 Å². The normalized spacial score (nSPS) is 11.9. The van der Waals surface area contributed by atoms with Crippen molar-refractivity contribution in [3.63, 3.8) is 0 Å². The number of anilines is 1. The van der Waals surface area contributed by atoms with Gasteiger partial charge in [-0.25, -0.2) is 9.18 Å². The number of rotatable bonds is 4. The van der Waals surface area contributed by atoms with Crippen molar-refractivity contribution < 1.29 is 13.9 Å². The summed E-state index contributed by atoms with van der Waals surface area (Å²) in [6.45, 7) is 5.74. The summed E-state index contributed by atoms with van der Waals surface area (Å²) in [5.74, 6) is -0.163. The van der Waals surface area contributed by atoms with Crippen LogP contribution in [0.25, 0.3) is 0 Å². The smallest absolute Gasteiger partial charge is 0.319 e. The van der Waals surface area contributed by atoms with E-state index in [1.165, 1.54) is 25.3 Å². The minimum absolute atomic E-state index is 0.213. The number of aromatic nitrogens is 2. The number of methoxy groups -OCH3 is 1. The van der Waals surface area contributed by atoms with E-state index in [0.29, 0.717) is 5.69 Å². The summed E-state index contributed by atoms with van der Waals surface area (Å²) in [6, 6.07) is 3.32. The molecule has 1 aromatic carbocycles. The average Bonchev–Trinajstić information content (AvgIpc) is 2.73. The van der Waals surface area contributed by atoms with Gasteiger partial charge in [0.1, 0.15) is 11.6 Å². The van der Waals surface area contributed by atoms with Crippen LogP contribution in [0.4, 0.5) is 14.9 Å². The van der Waals surface area contributed by atoms with Crippen LogP contribution < -0.4 is 15.4 Å². The van der Waals surface area contributed by atoms with Gasteiger partial charge in [0.05, 0.1) is 24.5 Å². The Morgan fingerprint density at radius 2 is 2.09 bits per heavy atom. The van der Waals surface area contributed by atoms with Gasteiger partial charge in [0.25, 0.3) is 0 Å². The lowest BCUT2D eigenvalue weighted by Crippen LogP contribution is -2.31. The number of amides is 2. The van der Waals surface area contributed by atoms with E-state index < -0.39 is 11.8 Å². The molecule has 2 amide bonds. The molecule has 2 N–H and O–H groups in total. The lowest BCUT2D eigenvalue weighted by atomic mass is 10.1. The van der Waals surface area contributed by atoms with Crippen LogP contribution in [-0.4, -0.2) is 22.9 Å². The van der Waals surface area contributed by atoms with Crippen molar-refractivity contribution in [3.8, 4) is 5.75 Å². The summed E-state index contributed by atoms with van der Waals surface area (Å²) >= 11 is 0. The summed E-state index contributed by atoms with van der Waals surface area (Å²) in [7, 11) is 3.28. The van der Waals surface area contributed by atoms with Crippen molar-refractivity contribution in [2.45, 2.75) is 26.8 Å². The fourth-order valence-electron chi connectivity index (χ4n) is 2.61. The number of urea groups is 1. The van der Waals surface area contributed by atoms with Gasteiger partial charge in [-0.2, -0.15) is 5.10 Å². The molecule has 1 aromatic heterocycles. The van der Waals surface area contributed by atoms with E-state index in [1.54, 1.807) is 4.68 Å². The Morgan fingerprint density at radius 3 is 2.65 bits per heavy atom. The van der Waals surface area contributed by atoms with Crippen LogP contribution >= 0.6 is 0 Å². The van der Waals surface area contributed by atoms with Gasteiger partial charge in [-0.05, 0) is 32.9 Å². The number of ether oxygens (including phenoxy) is 1. The van der Waals surface area contributed by atoms with Crippen LogP contribution in [0.15, 0.2) is 18.2 Å². The number of carbonyl (C=O) groups excluding carboxylic acids is 1. The first-order valence-electron chi connectivity index (χ1n) is 7.24. The van der Waals surface area contributed by atoms with Gasteiger partial charge in [0.2, 0.25) is 0 Å². The molecule has 0 bridgehead atoms. The van der Waals surface area contributed by atoms with E-state index in [1.807, 2.05) is 27.8 Å². The predicted molar refractivity (Wildman–Crippen MR) is 86.2 cm³/mol. The molecule has 0 saturated heterocycles. The highest BCUT2D eigenvalue weighted by Gasteiger charge is 2.18. The molecule has 2 aromatic rings. The number of aryl methyl sites for hydroxylation is 2. The van der Waals surface area contributed by atoms with Crippen molar-refractivity contribution in [2.24, 2.45) is 7.05 Å². The summed E-state index contributed by atoms with van der Waals surface area (Å²) in [4.78, 5) is 12.2. The molecule has 0 unspecified atom stereocenters. The maximum Gasteiger partial charge on any atom is 0.319 e. The fraction of sp³-hybridized carbons (Fsp3) is 0.375. The van der Waals surface area contributed by atoms with Crippen molar-refractivity contribution in [1.82, 2.24) is 15.1 Å². The Kier molecular flexibility index (Phi) is 4.88. The van der Waals surface area contributed by atoms with Gasteiger partial charge in [-0.15, -0.1) is 0 Å². The molecule has 7 heteroatoms. The molecule has 124 valence electrons. The highest BCUT2D eigenvalue weighted by molar-refractivity contribution is 5.91. The van der Waals surface area contributed by atoms with E-state index in [2.05, 4.69) is 15.7 Å². The zero-order chi connectivity index (χ0) is 17.1. The van der Waals surface area contributed by atoms with Gasteiger partial charge in [-0.1, -0.05) is 0 Å². The van der Waals surface area contributed by atoms with Gasteiger partial charge in [0, 0.05) is 24.4 Å². The second kappa shape index (κ2) is 6.68. The van der Waals surface area contributed by atoms with Crippen molar-refractivity contribution >= 4 is 11.7 Å². The Hall–Kier alpha value is -2.57. The van der Waals surface area contributed by atoms with Crippen LogP contribution in [0.3, 0.4) is 0 Å². The number of carbonyl (C=O) groups is 1. The fourth-order valence-corrected chi connectivity index (χ4v) is 2.61. The second-order valence-corrected chi connectivity index (χ2v) is 5.37. The maximum atomic E-state index is 13.2. The quantitative estimate of drug-likeness (QED) is 0.910. The predicted octanol–water partition coefficient (Wildman–Crippen LogP) is 3.07. The number of nitrogens with zero attached hydrogens (tertiary/aromatic N) is 2. The topological polar surface area (TPSA) is 68.2 Å². The monoisotopic (exact) mass is 320 g/mol. The molecule has 0 aliphatic rings. The second-order valence-electron chi connectivity index (χ2n) is 5.37. The SMILES string of the molecule is COc1cc(F)ccc1NC(=O)N[C@@H](C)c1c(C)nn(C)c1C. The largest absolute Gasteiger partial charge is 0.494 e. The summed E-state index contributed by atoms with van der Waals surface area (Å²) in [6.07, 6.45) is 0. The standard InChI is InChI=1S/C16H21FN4O2/c1-9(15-10(2)20-21(4)11(15)3)18-16(22)19-13-7-6-12(17)8-14(13)23-5/h6-9H,1-5H3,(H2,18,19,22)/t9-/m0/s1. The van der Waals surface area contributed by atoms with E-state index >= 15 is 0 Å². The molecule has 23 heavy (non-hydrogen) atoms. The molecule has 0 radical (unpaired) electrons. The van der Waals surface area contributed by atoms with Crippen molar-refractivity contribution in [2.75, 3.05) is 12.4 Å². The molecular weight excluding hydrogens is 299 g/mol. The number of halogens is 1. The Labute approximate surface area is 134 Å². The van der Waals surface area contributed by atoms with Crippen LogP contribution in [0.2, 0.25) is 0 Å². The molecule has 0 fully saturated rings. The van der Waals surface area contributed by atoms with E-state index in [0.717, 1.165) is 17.0 Å². The molecular formula is C16H21FN4O2. The lowest BCUT2D eigenvalue weighted by molar-refractivity contribution is 0.249. The maximum absolute atomic E-state index is 13.2. The third-order valence-corrected chi connectivity index (χ3v) is 3.76. The molecule has 0 saturated carbocycles. The molecule has 1 atom stereocenters. The minimum atomic E-state index is -0.428. The lowest BCUT2D eigenvalue weighted by Gasteiger charge is -2.16. The first-order chi connectivity index (χ1) is 10.8. The Morgan fingerprint density at radius 1 is 1.39 bits per heavy atom. The van der Waals surface area contributed by atoms with Crippen LogP contribution in [0, 0.1) is 19.7 Å². The Bertz CT molecular complexity index is 727. The summed E-state index contributed by atoms with van der Waals surface area (Å²) in [5, 5.41) is 9.86. The highest BCUT2D eigenvalue weighted by atomic mass is 19.1. The molecule has 2 rings (SSSR count). The van der Waals surface area contributed by atoms with Gasteiger partial charge >= 0.3 is 6.03 Å². The minimum Gasteiger partial charge on any atom is -0.494 e. The van der Waals surface area contributed by atoms with Gasteiger partial charge in [0.15, 0.2) is 0 Å². The zero-order valence-electron chi connectivity index (χ0n) is 13.9. The van der Waals surface area contributed by atoms with Gasteiger partial charge in [-0.3, -0.25) is 4.68 Å². The third-order valence-electron chi connectivity index (χ3n) is 3.76. The highest BCUT2D eigenvalue weighted by Crippen LogP contribution is 2.25. The van der Waals surface area contributed by atoms with E-state index in [-0.39, 0.29) is 11.8 Å². The molecule has 0 spiro atoms. The van der Waals surface area contributed by atoms with Crippen molar-refractivity contribution in [1.29, 1.82) is 0 Å². The number of hydrogen-bond acceptors (Lipinski definition) is 3. The third kappa shape index (κ3) is 3.61. The van der Waals surface area contributed by atoms with Crippen LogP contribution in [-0.2, 0) is 7.05 Å². The zero-order valence-corrected chi connectivity index (χ0v) is 13.9. The molecule has 0 aliphatic carbocycles.